The molecule has 11 heavy (non-hydrogen) atoms. The zero-order chi connectivity index (χ0) is 7.68. The molecule has 2 N–H and O–H groups in total. The van der Waals surface area contributed by atoms with Crippen molar-refractivity contribution in [1.29, 1.82) is 0 Å². The van der Waals surface area contributed by atoms with Gasteiger partial charge in [0.1, 0.15) is 0 Å². The average molecular weight is 154 g/mol. The van der Waals surface area contributed by atoms with Crippen LogP contribution in [0.3, 0.4) is 0 Å². The molecule has 0 aromatic heterocycles. The molecule has 1 aliphatic heterocycles. The van der Waals surface area contributed by atoms with Gasteiger partial charge in [-0.1, -0.05) is 0 Å². The van der Waals surface area contributed by atoms with Crippen LogP contribution in [0.4, 0.5) is 0 Å². The van der Waals surface area contributed by atoms with Gasteiger partial charge in [-0.3, -0.25) is 0 Å². The van der Waals surface area contributed by atoms with Gasteiger partial charge in [-0.2, -0.15) is 0 Å². The van der Waals surface area contributed by atoms with Crippen LogP contribution in [0.25, 0.3) is 0 Å². The van der Waals surface area contributed by atoms with E-state index in [0.29, 0.717) is 6.04 Å². The van der Waals surface area contributed by atoms with E-state index >= 15 is 0 Å². The summed E-state index contributed by atoms with van der Waals surface area (Å²) < 4.78 is 0. The standard InChI is InChI=1S/C9H18N2/c10-8-2-1-6-11(7-5-8)9-3-4-9/h8-9H,1-7,10H2/t8-/m1/s1. The van der Waals surface area contributed by atoms with Crippen LogP contribution in [0, 0.1) is 0 Å². The second-order valence-electron chi connectivity index (χ2n) is 3.96. The fraction of sp³-hybridized carbons (Fsp3) is 1.00. The molecule has 0 amide bonds. The van der Waals surface area contributed by atoms with Gasteiger partial charge in [0, 0.05) is 12.1 Å². The largest absolute Gasteiger partial charge is 0.328 e. The van der Waals surface area contributed by atoms with Crippen molar-refractivity contribution in [3.05, 3.63) is 0 Å². The molecule has 2 heteroatoms. The highest BCUT2D eigenvalue weighted by atomic mass is 15.2. The highest BCUT2D eigenvalue weighted by Gasteiger charge is 2.29. The van der Waals surface area contributed by atoms with Crippen molar-refractivity contribution >= 4 is 0 Å². The van der Waals surface area contributed by atoms with Gasteiger partial charge in [0.05, 0.1) is 0 Å². The van der Waals surface area contributed by atoms with Gasteiger partial charge in [0.15, 0.2) is 0 Å². The third-order valence-electron chi connectivity index (χ3n) is 2.87. The van der Waals surface area contributed by atoms with Crippen LogP contribution >= 0.6 is 0 Å². The normalized spacial score (nSPS) is 35.2. The van der Waals surface area contributed by atoms with Gasteiger partial charge in [0.25, 0.3) is 0 Å². The van der Waals surface area contributed by atoms with Crippen LogP contribution in [0.1, 0.15) is 32.1 Å². The lowest BCUT2D eigenvalue weighted by atomic mass is 10.1. The zero-order valence-electron chi connectivity index (χ0n) is 7.13. The van der Waals surface area contributed by atoms with Crippen LogP contribution in [0.2, 0.25) is 0 Å². The molecule has 2 fully saturated rings. The van der Waals surface area contributed by atoms with Gasteiger partial charge < -0.3 is 10.6 Å². The smallest absolute Gasteiger partial charge is 0.00964 e. The Hall–Kier alpha value is -0.0800. The lowest BCUT2D eigenvalue weighted by molar-refractivity contribution is 0.273. The molecule has 2 aliphatic rings. The summed E-state index contributed by atoms with van der Waals surface area (Å²) in [5.41, 5.74) is 5.89. The van der Waals surface area contributed by atoms with E-state index in [1.807, 2.05) is 0 Å². The highest BCUT2D eigenvalue weighted by molar-refractivity contribution is 4.86. The van der Waals surface area contributed by atoms with E-state index in [9.17, 15) is 0 Å². The molecule has 0 spiro atoms. The first-order chi connectivity index (χ1) is 5.36. The second kappa shape index (κ2) is 3.11. The molecular formula is C9H18N2. The van der Waals surface area contributed by atoms with E-state index in [0.717, 1.165) is 6.04 Å². The van der Waals surface area contributed by atoms with Crippen molar-refractivity contribution in [2.75, 3.05) is 13.1 Å². The van der Waals surface area contributed by atoms with Gasteiger partial charge in [-0.25, -0.2) is 0 Å². The number of rotatable bonds is 1. The minimum Gasteiger partial charge on any atom is -0.328 e. The van der Waals surface area contributed by atoms with Crippen LogP contribution in [-0.4, -0.2) is 30.1 Å². The SMILES string of the molecule is N[C@@H]1CCCN(C2CC2)CC1. The Kier molecular flexibility index (Phi) is 2.14. The molecule has 0 aromatic rings. The van der Waals surface area contributed by atoms with Gasteiger partial charge in [0.2, 0.25) is 0 Å². The van der Waals surface area contributed by atoms with Gasteiger partial charge in [-0.15, -0.1) is 0 Å². The van der Waals surface area contributed by atoms with Crippen molar-refractivity contribution in [3.8, 4) is 0 Å². The van der Waals surface area contributed by atoms with Crippen molar-refractivity contribution < 1.29 is 0 Å². The van der Waals surface area contributed by atoms with Crippen LogP contribution in [-0.2, 0) is 0 Å². The maximum Gasteiger partial charge on any atom is 0.00964 e. The predicted molar refractivity (Wildman–Crippen MR) is 46.4 cm³/mol. The van der Waals surface area contributed by atoms with E-state index in [2.05, 4.69) is 4.90 Å². The minimum absolute atomic E-state index is 0.485. The molecule has 1 atom stereocenters. The Balaban J connectivity index is 1.82. The van der Waals surface area contributed by atoms with Crippen molar-refractivity contribution in [1.82, 2.24) is 4.90 Å². The molecule has 0 bridgehead atoms. The van der Waals surface area contributed by atoms with Crippen LogP contribution < -0.4 is 5.73 Å². The Morgan fingerprint density at radius 1 is 1.00 bits per heavy atom. The third-order valence-corrected chi connectivity index (χ3v) is 2.87. The Morgan fingerprint density at radius 2 is 1.82 bits per heavy atom. The molecule has 2 nitrogen and oxygen atoms in total. The fourth-order valence-electron chi connectivity index (χ4n) is 1.95. The lowest BCUT2D eigenvalue weighted by Crippen LogP contribution is -2.28. The summed E-state index contributed by atoms with van der Waals surface area (Å²) in [5.74, 6) is 0. The number of nitrogens with zero attached hydrogens (tertiary/aromatic N) is 1. The molecule has 1 aliphatic carbocycles. The molecule has 0 radical (unpaired) electrons. The van der Waals surface area contributed by atoms with Crippen molar-refractivity contribution in [2.24, 2.45) is 5.73 Å². The fourth-order valence-corrected chi connectivity index (χ4v) is 1.95. The molecular weight excluding hydrogens is 136 g/mol. The van der Waals surface area contributed by atoms with E-state index in [-0.39, 0.29) is 0 Å². The quantitative estimate of drug-likeness (QED) is 0.609. The maximum atomic E-state index is 5.89. The summed E-state index contributed by atoms with van der Waals surface area (Å²) in [6.45, 7) is 2.56. The summed E-state index contributed by atoms with van der Waals surface area (Å²) in [6, 6.07) is 1.43. The van der Waals surface area contributed by atoms with E-state index in [1.165, 1.54) is 45.2 Å². The summed E-state index contributed by atoms with van der Waals surface area (Å²) in [6.07, 6.45) is 6.65. The summed E-state index contributed by atoms with van der Waals surface area (Å²) >= 11 is 0. The Labute approximate surface area is 68.7 Å². The topological polar surface area (TPSA) is 29.3 Å². The number of hydrogen-bond acceptors (Lipinski definition) is 2. The van der Waals surface area contributed by atoms with Crippen LogP contribution in [0.15, 0.2) is 0 Å². The molecule has 0 aromatic carbocycles. The predicted octanol–water partition coefficient (Wildman–Crippen LogP) is 0.962. The van der Waals surface area contributed by atoms with Crippen molar-refractivity contribution in [2.45, 2.75) is 44.2 Å². The molecule has 1 saturated heterocycles. The molecule has 1 saturated carbocycles. The molecule has 64 valence electrons. The number of likely N-dealkylation sites (tertiary alicyclic amines) is 1. The Morgan fingerprint density at radius 3 is 2.55 bits per heavy atom. The van der Waals surface area contributed by atoms with Crippen LogP contribution in [0.5, 0.6) is 0 Å². The number of hydrogen-bond donors (Lipinski definition) is 1. The van der Waals surface area contributed by atoms with Gasteiger partial charge >= 0.3 is 0 Å². The van der Waals surface area contributed by atoms with E-state index in [1.54, 1.807) is 0 Å². The number of nitrogens with two attached hydrogens (primary N) is 1. The van der Waals surface area contributed by atoms with Gasteiger partial charge in [-0.05, 0) is 45.2 Å². The second-order valence-corrected chi connectivity index (χ2v) is 3.96. The maximum absolute atomic E-state index is 5.89. The van der Waals surface area contributed by atoms with E-state index in [4.69, 9.17) is 5.73 Å². The Bertz CT molecular complexity index is 132. The highest BCUT2D eigenvalue weighted by Crippen LogP contribution is 2.28. The van der Waals surface area contributed by atoms with Crippen molar-refractivity contribution in [3.63, 3.8) is 0 Å². The molecule has 0 unspecified atom stereocenters. The minimum atomic E-state index is 0.485. The monoisotopic (exact) mass is 154 g/mol. The summed E-state index contributed by atoms with van der Waals surface area (Å²) in [4.78, 5) is 2.63. The molecule has 2 rings (SSSR count). The summed E-state index contributed by atoms with van der Waals surface area (Å²) in [7, 11) is 0. The third kappa shape index (κ3) is 1.94. The average Bonchev–Trinajstić information content (AvgIpc) is 2.73. The summed E-state index contributed by atoms with van der Waals surface area (Å²) in [5, 5.41) is 0. The van der Waals surface area contributed by atoms with E-state index < -0.39 is 0 Å². The zero-order valence-corrected chi connectivity index (χ0v) is 7.13. The molecule has 1 heterocycles. The first kappa shape index (κ1) is 7.56. The first-order valence-corrected chi connectivity index (χ1v) is 4.86. The first-order valence-electron chi connectivity index (χ1n) is 4.86. The lowest BCUT2D eigenvalue weighted by Gasteiger charge is -2.18.